The lowest BCUT2D eigenvalue weighted by Gasteiger charge is -2.24. The number of allylic oxidation sites excluding steroid dienone is 4. The van der Waals surface area contributed by atoms with Gasteiger partial charge in [-0.05, 0) is 51.4 Å². The minimum atomic E-state index is -0.790. The second-order valence-electron chi connectivity index (χ2n) is 18.7. The van der Waals surface area contributed by atoms with Gasteiger partial charge in [0.25, 0.3) is 0 Å². The van der Waals surface area contributed by atoms with Crippen LogP contribution in [0.3, 0.4) is 0 Å². The topological polar surface area (TPSA) is 95.9 Å². The fraction of sp³-hybridized carbons (Fsp3) is 0.891. The largest absolute Gasteiger partial charge is 0.462 e. The van der Waals surface area contributed by atoms with Gasteiger partial charge in [0.2, 0.25) is 5.91 Å². The first-order valence-electron chi connectivity index (χ1n) is 27.1. The predicted molar refractivity (Wildman–Crippen MR) is 264 cm³/mol. The van der Waals surface area contributed by atoms with Gasteiger partial charge >= 0.3 is 5.97 Å². The van der Waals surface area contributed by atoms with E-state index in [1.807, 2.05) is 0 Å². The summed E-state index contributed by atoms with van der Waals surface area (Å²) in [5.41, 5.74) is 0. The summed E-state index contributed by atoms with van der Waals surface area (Å²) < 4.78 is 5.94. The summed E-state index contributed by atoms with van der Waals surface area (Å²) >= 11 is 0. The average molecular weight is 860 g/mol. The summed E-state index contributed by atoms with van der Waals surface area (Å²) in [6.45, 7) is 6.49. The summed E-state index contributed by atoms with van der Waals surface area (Å²) in [5.74, 6) is -0.484. The van der Waals surface area contributed by atoms with Gasteiger partial charge < -0.3 is 20.3 Å². The number of aliphatic hydroxyl groups is 2. The molecule has 0 aliphatic carbocycles. The molecule has 3 N–H and O–H groups in total. The fourth-order valence-corrected chi connectivity index (χ4v) is 8.42. The molecule has 0 bridgehead atoms. The molecule has 0 fully saturated rings. The van der Waals surface area contributed by atoms with E-state index in [1.54, 1.807) is 0 Å². The minimum absolute atomic E-state index is 0.0652. The molecule has 0 aliphatic heterocycles. The lowest BCUT2D eigenvalue weighted by atomic mass is 10.0. The molecule has 6 heteroatoms. The molecule has 0 spiro atoms. The van der Waals surface area contributed by atoms with E-state index in [0.29, 0.717) is 19.3 Å². The van der Waals surface area contributed by atoms with Gasteiger partial charge in [0.1, 0.15) is 6.10 Å². The second-order valence-corrected chi connectivity index (χ2v) is 18.7. The van der Waals surface area contributed by atoms with Gasteiger partial charge in [0.15, 0.2) is 0 Å². The molecule has 3 unspecified atom stereocenters. The van der Waals surface area contributed by atoms with Gasteiger partial charge in [0.05, 0.1) is 25.2 Å². The number of unbranched alkanes of at least 4 members (excludes halogenated alkanes) is 34. The molecule has 360 valence electrons. The lowest BCUT2D eigenvalue weighted by molar-refractivity contribution is -0.151. The summed E-state index contributed by atoms with van der Waals surface area (Å²) in [7, 11) is 0. The third-order valence-electron chi connectivity index (χ3n) is 12.6. The number of aliphatic hydroxyl groups excluding tert-OH is 2. The zero-order valence-corrected chi connectivity index (χ0v) is 41.1. The number of esters is 1. The Kier molecular flexibility index (Phi) is 48.0. The summed E-state index contributed by atoms with van der Waals surface area (Å²) in [4.78, 5) is 26.2. The Balaban J connectivity index is 4.60. The number of ether oxygens (including phenoxy) is 1. The standard InChI is InChI=1S/C55H105NO5/c1-4-7-10-13-16-19-22-25-27-28-29-31-34-37-40-43-46-51(61-55(60)48-45-42-39-36-33-30-26-23-20-17-14-11-8-5-2)49-54(59)56-52(50-57)53(58)47-44-41-38-35-32-24-21-18-15-12-9-6-3/h27-29,31,51-53,57-58H,4-26,30,32-50H2,1-3H3,(H,56,59)/b28-27+,31-29+. The number of amides is 1. The Morgan fingerprint density at radius 3 is 1.23 bits per heavy atom. The highest BCUT2D eigenvalue weighted by molar-refractivity contribution is 5.77. The highest BCUT2D eigenvalue weighted by Crippen LogP contribution is 2.18. The summed E-state index contributed by atoms with van der Waals surface area (Å²) in [6.07, 6.45) is 56.7. The van der Waals surface area contributed by atoms with E-state index in [0.717, 1.165) is 70.6 Å². The Labute approximate surface area is 380 Å². The van der Waals surface area contributed by atoms with Crippen LogP contribution < -0.4 is 5.32 Å². The molecule has 0 radical (unpaired) electrons. The average Bonchev–Trinajstić information content (AvgIpc) is 3.25. The van der Waals surface area contributed by atoms with Crippen LogP contribution in [0.5, 0.6) is 0 Å². The van der Waals surface area contributed by atoms with E-state index < -0.39 is 18.2 Å². The molecule has 0 heterocycles. The van der Waals surface area contributed by atoms with E-state index >= 15 is 0 Å². The van der Waals surface area contributed by atoms with Gasteiger partial charge in [-0.1, -0.05) is 251 Å². The number of carbonyl (C=O) groups excluding carboxylic acids is 2. The number of carbonyl (C=O) groups is 2. The smallest absolute Gasteiger partial charge is 0.306 e. The molecule has 0 aliphatic rings. The number of hydrogen-bond donors (Lipinski definition) is 3. The Hall–Kier alpha value is -1.66. The van der Waals surface area contributed by atoms with Crippen molar-refractivity contribution in [1.82, 2.24) is 5.32 Å². The molecule has 0 aromatic rings. The normalized spacial score (nSPS) is 13.3. The summed E-state index contributed by atoms with van der Waals surface area (Å²) in [6, 6.07) is -0.705. The Morgan fingerprint density at radius 1 is 0.475 bits per heavy atom. The molecule has 3 atom stereocenters. The third kappa shape index (κ3) is 44.7. The second kappa shape index (κ2) is 49.4. The molecule has 0 saturated carbocycles. The van der Waals surface area contributed by atoms with E-state index in [9.17, 15) is 19.8 Å². The maximum Gasteiger partial charge on any atom is 0.306 e. The van der Waals surface area contributed by atoms with Crippen LogP contribution in [-0.2, 0) is 14.3 Å². The van der Waals surface area contributed by atoms with E-state index in [-0.39, 0.29) is 24.9 Å². The Bertz CT molecular complexity index is 966. The molecule has 0 saturated heterocycles. The molecule has 0 rings (SSSR count). The number of rotatable bonds is 49. The minimum Gasteiger partial charge on any atom is -0.462 e. The number of nitrogens with one attached hydrogen (secondary N) is 1. The first-order valence-corrected chi connectivity index (χ1v) is 27.1. The highest BCUT2D eigenvalue weighted by Gasteiger charge is 2.24. The van der Waals surface area contributed by atoms with Crippen LogP contribution >= 0.6 is 0 Å². The van der Waals surface area contributed by atoms with E-state index in [4.69, 9.17) is 4.74 Å². The van der Waals surface area contributed by atoms with Gasteiger partial charge in [-0.25, -0.2) is 0 Å². The number of hydrogen-bond acceptors (Lipinski definition) is 5. The molecule has 61 heavy (non-hydrogen) atoms. The SMILES string of the molecule is CCCCCCCCC/C=C/C=C/CCCCCC(CC(=O)NC(CO)C(O)CCCCCCCCCCCCCC)OC(=O)CCCCCCCCCCCCCCCC. The predicted octanol–water partition coefficient (Wildman–Crippen LogP) is 16.3. The van der Waals surface area contributed by atoms with Crippen molar-refractivity contribution >= 4 is 11.9 Å². The molecule has 1 amide bonds. The van der Waals surface area contributed by atoms with Crippen LogP contribution in [-0.4, -0.2) is 46.9 Å². The van der Waals surface area contributed by atoms with Crippen molar-refractivity contribution in [3.63, 3.8) is 0 Å². The maximum atomic E-state index is 13.2. The van der Waals surface area contributed by atoms with Gasteiger partial charge in [0, 0.05) is 6.42 Å². The van der Waals surface area contributed by atoms with Crippen LogP contribution in [0.25, 0.3) is 0 Å². The van der Waals surface area contributed by atoms with Crippen LogP contribution in [0.15, 0.2) is 24.3 Å². The van der Waals surface area contributed by atoms with Crippen molar-refractivity contribution in [2.45, 2.75) is 309 Å². The van der Waals surface area contributed by atoms with Crippen molar-refractivity contribution in [3.8, 4) is 0 Å². The van der Waals surface area contributed by atoms with Crippen molar-refractivity contribution < 1.29 is 24.5 Å². The van der Waals surface area contributed by atoms with Gasteiger partial charge in [-0.2, -0.15) is 0 Å². The molecular weight excluding hydrogens is 755 g/mol. The van der Waals surface area contributed by atoms with E-state index in [2.05, 4.69) is 50.4 Å². The van der Waals surface area contributed by atoms with Crippen molar-refractivity contribution in [2.75, 3.05) is 6.61 Å². The highest BCUT2D eigenvalue weighted by atomic mass is 16.5. The molecule has 0 aromatic heterocycles. The van der Waals surface area contributed by atoms with Crippen molar-refractivity contribution in [2.24, 2.45) is 0 Å². The maximum absolute atomic E-state index is 13.2. The molecule has 0 aromatic carbocycles. The zero-order chi connectivity index (χ0) is 44.5. The van der Waals surface area contributed by atoms with Gasteiger partial charge in [-0.15, -0.1) is 0 Å². The quantitative estimate of drug-likeness (QED) is 0.0322. The fourth-order valence-electron chi connectivity index (χ4n) is 8.42. The van der Waals surface area contributed by atoms with Crippen molar-refractivity contribution in [1.29, 1.82) is 0 Å². The van der Waals surface area contributed by atoms with Crippen LogP contribution in [0.4, 0.5) is 0 Å². The third-order valence-corrected chi connectivity index (χ3v) is 12.6. The first kappa shape index (κ1) is 59.3. The summed E-state index contributed by atoms with van der Waals surface area (Å²) in [5, 5.41) is 23.8. The van der Waals surface area contributed by atoms with Crippen LogP contribution in [0.2, 0.25) is 0 Å². The zero-order valence-electron chi connectivity index (χ0n) is 41.1. The lowest BCUT2D eigenvalue weighted by Crippen LogP contribution is -2.46. The first-order chi connectivity index (χ1) is 30.0. The van der Waals surface area contributed by atoms with Crippen molar-refractivity contribution in [3.05, 3.63) is 24.3 Å². The molecule has 6 nitrogen and oxygen atoms in total. The Morgan fingerprint density at radius 2 is 0.820 bits per heavy atom. The van der Waals surface area contributed by atoms with Crippen LogP contribution in [0.1, 0.15) is 290 Å². The van der Waals surface area contributed by atoms with Crippen LogP contribution in [0, 0.1) is 0 Å². The monoisotopic (exact) mass is 860 g/mol. The van der Waals surface area contributed by atoms with E-state index in [1.165, 1.54) is 173 Å². The molecular formula is C55H105NO5. The van der Waals surface area contributed by atoms with Gasteiger partial charge in [-0.3, -0.25) is 9.59 Å².